The van der Waals surface area contributed by atoms with Crippen LogP contribution >= 0.6 is 0 Å². The Morgan fingerprint density at radius 2 is 1.50 bits per heavy atom. The van der Waals surface area contributed by atoms with Crippen molar-refractivity contribution in [3.8, 4) is 0 Å². The van der Waals surface area contributed by atoms with Crippen molar-refractivity contribution >= 4 is 11.9 Å². The molecule has 0 spiro atoms. The fraction of sp³-hybridized carbons (Fsp3) is 0.818. The zero-order valence-corrected chi connectivity index (χ0v) is 9.90. The molecule has 92 valence electrons. The maximum atomic E-state index is 11.0. The van der Waals surface area contributed by atoms with Crippen LogP contribution in [0.4, 0.5) is 0 Å². The third-order valence-corrected chi connectivity index (χ3v) is 2.72. The molecule has 0 aromatic carbocycles. The van der Waals surface area contributed by atoms with Crippen molar-refractivity contribution in [1.29, 1.82) is 0 Å². The molecule has 0 aromatic rings. The van der Waals surface area contributed by atoms with E-state index in [9.17, 15) is 9.59 Å². The van der Waals surface area contributed by atoms with E-state index in [0.29, 0.717) is 32.0 Å². The molecule has 1 aliphatic carbocycles. The molecule has 0 radical (unpaired) electrons. The van der Waals surface area contributed by atoms with Crippen molar-refractivity contribution in [2.75, 3.05) is 27.3 Å². The molecule has 5 nitrogen and oxygen atoms in total. The average molecular weight is 229 g/mol. The first-order valence-corrected chi connectivity index (χ1v) is 5.55. The molecule has 0 heterocycles. The largest absolute Gasteiger partial charge is 0.469 e. The Morgan fingerprint density at radius 3 is 1.81 bits per heavy atom. The van der Waals surface area contributed by atoms with Crippen LogP contribution in [0.1, 0.15) is 25.7 Å². The molecule has 0 unspecified atom stereocenters. The highest BCUT2D eigenvalue weighted by atomic mass is 16.5. The number of methoxy groups -OCH3 is 2. The van der Waals surface area contributed by atoms with Gasteiger partial charge in [-0.25, -0.2) is 0 Å². The summed E-state index contributed by atoms with van der Waals surface area (Å²) in [5.74, 6) is -0.410. The van der Waals surface area contributed by atoms with E-state index in [4.69, 9.17) is 0 Å². The van der Waals surface area contributed by atoms with E-state index < -0.39 is 0 Å². The normalized spacial score (nSPS) is 14.9. The number of esters is 2. The van der Waals surface area contributed by atoms with Crippen LogP contribution in [0, 0.1) is 0 Å². The minimum absolute atomic E-state index is 0.205. The number of ether oxygens (including phenoxy) is 2. The van der Waals surface area contributed by atoms with Crippen LogP contribution in [0.3, 0.4) is 0 Å². The minimum Gasteiger partial charge on any atom is -0.469 e. The Morgan fingerprint density at radius 1 is 1.06 bits per heavy atom. The van der Waals surface area contributed by atoms with Crippen molar-refractivity contribution < 1.29 is 19.1 Å². The Kier molecular flexibility index (Phi) is 5.25. The second-order valence-electron chi connectivity index (χ2n) is 3.92. The van der Waals surface area contributed by atoms with Crippen LogP contribution in [-0.2, 0) is 19.1 Å². The number of rotatable bonds is 7. The summed E-state index contributed by atoms with van der Waals surface area (Å²) >= 11 is 0. The number of carbonyl (C=O) groups excluding carboxylic acids is 2. The van der Waals surface area contributed by atoms with E-state index in [-0.39, 0.29) is 11.9 Å². The van der Waals surface area contributed by atoms with E-state index in [1.165, 1.54) is 14.2 Å². The van der Waals surface area contributed by atoms with Gasteiger partial charge in [0.2, 0.25) is 0 Å². The number of carbonyl (C=O) groups is 2. The predicted molar refractivity (Wildman–Crippen MR) is 57.9 cm³/mol. The smallest absolute Gasteiger partial charge is 0.306 e. The summed E-state index contributed by atoms with van der Waals surface area (Å²) in [5.41, 5.74) is 0. The van der Waals surface area contributed by atoms with Gasteiger partial charge < -0.3 is 9.47 Å². The molecule has 0 amide bonds. The molecule has 0 aliphatic heterocycles. The molecule has 0 N–H and O–H groups in total. The summed E-state index contributed by atoms with van der Waals surface area (Å²) in [6, 6.07) is 0.536. The third-order valence-electron chi connectivity index (χ3n) is 2.72. The van der Waals surface area contributed by atoms with Gasteiger partial charge in [-0.05, 0) is 12.8 Å². The zero-order valence-electron chi connectivity index (χ0n) is 9.90. The first-order chi connectivity index (χ1) is 7.67. The summed E-state index contributed by atoms with van der Waals surface area (Å²) in [6.45, 7) is 1.32. The van der Waals surface area contributed by atoms with Gasteiger partial charge in [0.25, 0.3) is 0 Å². The molecule has 16 heavy (non-hydrogen) atoms. The lowest BCUT2D eigenvalue weighted by molar-refractivity contribution is -0.141. The number of nitrogens with zero attached hydrogens (tertiary/aromatic N) is 1. The summed E-state index contributed by atoms with van der Waals surface area (Å²) in [4.78, 5) is 24.2. The topological polar surface area (TPSA) is 55.8 Å². The van der Waals surface area contributed by atoms with Crippen LogP contribution in [0.2, 0.25) is 0 Å². The molecule has 1 rings (SSSR count). The van der Waals surface area contributed by atoms with Gasteiger partial charge in [-0.3, -0.25) is 14.5 Å². The molecular weight excluding hydrogens is 210 g/mol. The van der Waals surface area contributed by atoms with E-state index in [1.54, 1.807) is 0 Å². The first kappa shape index (κ1) is 13.0. The second-order valence-corrected chi connectivity index (χ2v) is 3.92. The molecule has 0 aromatic heterocycles. The second kappa shape index (κ2) is 6.48. The van der Waals surface area contributed by atoms with Crippen molar-refractivity contribution in [3.05, 3.63) is 0 Å². The van der Waals surface area contributed by atoms with Crippen molar-refractivity contribution in [2.24, 2.45) is 0 Å². The van der Waals surface area contributed by atoms with Crippen molar-refractivity contribution in [2.45, 2.75) is 31.7 Å². The van der Waals surface area contributed by atoms with Crippen molar-refractivity contribution in [3.63, 3.8) is 0 Å². The maximum Gasteiger partial charge on any atom is 0.306 e. The molecule has 1 aliphatic rings. The first-order valence-electron chi connectivity index (χ1n) is 5.55. The van der Waals surface area contributed by atoms with Crippen LogP contribution in [0.5, 0.6) is 0 Å². The number of hydrogen-bond acceptors (Lipinski definition) is 5. The standard InChI is InChI=1S/C11H19NO4/c1-15-10(13)5-7-12(9-3-4-9)8-6-11(14)16-2/h9H,3-8H2,1-2H3. The highest BCUT2D eigenvalue weighted by molar-refractivity contribution is 5.70. The van der Waals surface area contributed by atoms with E-state index >= 15 is 0 Å². The van der Waals surface area contributed by atoms with Gasteiger partial charge >= 0.3 is 11.9 Å². The summed E-state index contributed by atoms with van der Waals surface area (Å²) < 4.78 is 9.18. The quantitative estimate of drug-likeness (QED) is 0.598. The van der Waals surface area contributed by atoms with Crippen LogP contribution in [0.15, 0.2) is 0 Å². The summed E-state index contributed by atoms with van der Waals surface area (Å²) in [5, 5.41) is 0. The molecule has 0 saturated heterocycles. The Bertz CT molecular complexity index is 230. The predicted octanol–water partition coefficient (Wildman–Crippen LogP) is 0.577. The third kappa shape index (κ3) is 4.61. The molecule has 1 saturated carbocycles. The van der Waals surface area contributed by atoms with Crippen LogP contribution in [-0.4, -0.2) is 50.2 Å². The maximum absolute atomic E-state index is 11.0. The van der Waals surface area contributed by atoms with E-state index in [0.717, 1.165) is 12.8 Å². The SMILES string of the molecule is COC(=O)CCN(CCC(=O)OC)C1CC1. The fourth-order valence-electron chi connectivity index (χ4n) is 1.59. The lowest BCUT2D eigenvalue weighted by atomic mass is 10.3. The highest BCUT2D eigenvalue weighted by Crippen LogP contribution is 2.27. The molecule has 0 atom stereocenters. The molecular formula is C11H19NO4. The molecule has 0 bridgehead atoms. The lowest BCUT2D eigenvalue weighted by Gasteiger charge is -2.20. The Balaban J connectivity index is 2.25. The summed E-state index contributed by atoms with van der Waals surface area (Å²) in [7, 11) is 2.77. The monoisotopic (exact) mass is 229 g/mol. The van der Waals surface area contributed by atoms with Crippen molar-refractivity contribution in [1.82, 2.24) is 4.90 Å². The van der Waals surface area contributed by atoms with E-state index in [2.05, 4.69) is 14.4 Å². The average Bonchev–Trinajstić information content (AvgIpc) is 3.12. The molecule has 5 heteroatoms. The van der Waals surface area contributed by atoms with Crippen LogP contribution in [0.25, 0.3) is 0 Å². The van der Waals surface area contributed by atoms with Crippen LogP contribution < -0.4 is 0 Å². The van der Waals surface area contributed by atoms with Gasteiger partial charge in [0.15, 0.2) is 0 Å². The van der Waals surface area contributed by atoms with Gasteiger partial charge in [0.1, 0.15) is 0 Å². The lowest BCUT2D eigenvalue weighted by Crippen LogP contribution is -2.31. The zero-order chi connectivity index (χ0) is 12.0. The van der Waals surface area contributed by atoms with Gasteiger partial charge in [-0.2, -0.15) is 0 Å². The highest BCUT2D eigenvalue weighted by Gasteiger charge is 2.29. The summed E-state index contributed by atoms with van der Waals surface area (Å²) in [6.07, 6.45) is 3.08. The number of hydrogen-bond donors (Lipinski definition) is 0. The Labute approximate surface area is 95.7 Å². The minimum atomic E-state index is -0.205. The van der Waals surface area contributed by atoms with Gasteiger partial charge in [-0.15, -0.1) is 0 Å². The van der Waals surface area contributed by atoms with Gasteiger partial charge in [0, 0.05) is 19.1 Å². The van der Waals surface area contributed by atoms with Gasteiger partial charge in [0.05, 0.1) is 27.1 Å². The molecule has 1 fully saturated rings. The van der Waals surface area contributed by atoms with Gasteiger partial charge in [-0.1, -0.05) is 0 Å². The van der Waals surface area contributed by atoms with E-state index in [1.807, 2.05) is 0 Å². The Hall–Kier alpha value is -1.10. The fourth-order valence-corrected chi connectivity index (χ4v) is 1.59.